The van der Waals surface area contributed by atoms with E-state index in [1.165, 1.54) is 6.92 Å². The Morgan fingerprint density at radius 2 is 1.24 bits per heavy atom. The SMILES string of the molecule is CCCCCCCCC(=O)O[C@@H](COC(=O)CCCCCCCCCNC(C)=O)COP(=O)([O-])[O-].[Na+].[Na+]. The normalized spacial score (nSPS) is 11.6. The van der Waals surface area contributed by atoms with Gasteiger partial charge in [-0.1, -0.05) is 71.1 Å². The first-order chi connectivity index (χ1) is 16.6. The summed E-state index contributed by atoms with van der Waals surface area (Å²) in [5.74, 6) is -1.04. The molecular formula is C24H44NNa2O9P. The first kappa shape index (κ1) is 42.0. The number of hydrogen-bond acceptors (Lipinski definition) is 9. The predicted molar refractivity (Wildman–Crippen MR) is 128 cm³/mol. The van der Waals surface area contributed by atoms with Gasteiger partial charge in [0.25, 0.3) is 0 Å². The summed E-state index contributed by atoms with van der Waals surface area (Å²) in [5, 5.41) is 2.76. The van der Waals surface area contributed by atoms with Crippen molar-refractivity contribution in [1.29, 1.82) is 0 Å². The summed E-state index contributed by atoms with van der Waals surface area (Å²) in [6, 6.07) is 0. The Balaban J connectivity index is -0.00000578. The van der Waals surface area contributed by atoms with Crippen LogP contribution in [0.3, 0.4) is 0 Å². The van der Waals surface area contributed by atoms with Crippen molar-refractivity contribution in [2.24, 2.45) is 0 Å². The minimum atomic E-state index is -5.24. The van der Waals surface area contributed by atoms with Gasteiger partial charge in [0.05, 0.1) is 14.4 Å². The summed E-state index contributed by atoms with van der Waals surface area (Å²) < 4.78 is 25.3. The van der Waals surface area contributed by atoms with Gasteiger partial charge in [-0.25, -0.2) is 0 Å². The molecule has 0 radical (unpaired) electrons. The average molecular weight is 568 g/mol. The molecule has 0 saturated carbocycles. The molecule has 0 aliphatic rings. The Morgan fingerprint density at radius 3 is 1.76 bits per heavy atom. The topological polar surface area (TPSA) is 154 Å². The van der Waals surface area contributed by atoms with Crippen LogP contribution in [-0.2, 0) is 32.9 Å². The summed E-state index contributed by atoms with van der Waals surface area (Å²) >= 11 is 0. The molecule has 0 aromatic heterocycles. The van der Waals surface area contributed by atoms with E-state index in [2.05, 4.69) is 16.8 Å². The molecule has 0 aliphatic carbocycles. The zero-order chi connectivity index (χ0) is 26.4. The summed E-state index contributed by atoms with van der Waals surface area (Å²) in [4.78, 5) is 56.3. The second-order valence-electron chi connectivity index (χ2n) is 8.76. The summed E-state index contributed by atoms with van der Waals surface area (Å²) in [5.41, 5.74) is 0. The van der Waals surface area contributed by atoms with Crippen molar-refractivity contribution in [3.63, 3.8) is 0 Å². The Kier molecular flexibility index (Phi) is 31.9. The van der Waals surface area contributed by atoms with Gasteiger partial charge in [-0.2, -0.15) is 0 Å². The molecule has 0 heterocycles. The van der Waals surface area contributed by atoms with E-state index in [4.69, 9.17) is 9.47 Å². The zero-order valence-corrected chi connectivity index (χ0v) is 28.3. The van der Waals surface area contributed by atoms with E-state index in [1.807, 2.05) is 0 Å². The second kappa shape index (κ2) is 28.1. The first-order valence-corrected chi connectivity index (χ1v) is 14.4. The van der Waals surface area contributed by atoms with Gasteiger partial charge in [-0.05, 0) is 19.3 Å². The molecule has 0 bridgehead atoms. The van der Waals surface area contributed by atoms with E-state index >= 15 is 0 Å². The number of phosphoric acid groups is 1. The van der Waals surface area contributed by atoms with Gasteiger partial charge in [-0.15, -0.1) is 0 Å². The summed E-state index contributed by atoms with van der Waals surface area (Å²) in [6.45, 7) is 3.27. The van der Waals surface area contributed by atoms with Gasteiger partial charge in [0.15, 0.2) is 6.10 Å². The van der Waals surface area contributed by atoms with Crippen molar-refractivity contribution in [1.82, 2.24) is 5.32 Å². The van der Waals surface area contributed by atoms with Crippen LogP contribution >= 0.6 is 7.82 Å². The molecule has 0 unspecified atom stereocenters. The maximum absolute atomic E-state index is 12.0. The van der Waals surface area contributed by atoms with E-state index in [-0.39, 0.29) is 84.5 Å². The van der Waals surface area contributed by atoms with Crippen LogP contribution in [0.25, 0.3) is 0 Å². The number of nitrogens with one attached hydrogen (secondary N) is 1. The third-order valence-corrected chi connectivity index (χ3v) is 5.78. The maximum Gasteiger partial charge on any atom is 1.00 e. The molecule has 0 fully saturated rings. The zero-order valence-electron chi connectivity index (χ0n) is 23.4. The standard InChI is InChI=1S/C24H46NO9P.2Na/c1-3-4-5-6-10-14-17-24(28)34-22(20-33-35(29,30)31)19-32-23(27)16-13-11-8-7-9-12-15-18-25-21(2)26;;/h22H,3-20H2,1-2H3,(H,25,26)(H2,29,30,31);;/q;2*+1/p-2/t22-;;/m0../s1. The molecule has 37 heavy (non-hydrogen) atoms. The van der Waals surface area contributed by atoms with E-state index in [1.54, 1.807) is 0 Å². The molecule has 0 saturated heterocycles. The molecule has 0 aliphatic heterocycles. The largest absolute Gasteiger partial charge is 1.00 e. The van der Waals surface area contributed by atoms with Crippen molar-refractivity contribution >= 4 is 25.7 Å². The Morgan fingerprint density at radius 1 is 0.757 bits per heavy atom. The molecule has 0 aromatic carbocycles. The molecule has 206 valence electrons. The smallest absolute Gasteiger partial charge is 0.790 e. The van der Waals surface area contributed by atoms with E-state index in [0.717, 1.165) is 70.6 Å². The van der Waals surface area contributed by atoms with Crippen LogP contribution in [0.4, 0.5) is 0 Å². The van der Waals surface area contributed by atoms with Gasteiger partial charge in [0.2, 0.25) is 5.91 Å². The fourth-order valence-electron chi connectivity index (χ4n) is 3.39. The number of ether oxygens (including phenoxy) is 2. The van der Waals surface area contributed by atoms with Crippen molar-refractivity contribution in [2.75, 3.05) is 19.8 Å². The number of carbonyl (C=O) groups is 3. The third-order valence-electron chi connectivity index (χ3n) is 5.31. The Labute approximate surface area is 266 Å². The number of esters is 2. The van der Waals surface area contributed by atoms with Crippen LogP contribution in [-0.4, -0.2) is 43.7 Å². The van der Waals surface area contributed by atoms with Crippen LogP contribution in [0, 0.1) is 0 Å². The van der Waals surface area contributed by atoms with Gasteiger partial charge >= 0.3 is 71.1 Å². The first-order valence-electron chi connectivity index (χ1n) is 12.9. The van der Waals surface area contributed by atoms with Crippen LogP contribution in [0.15, 0.2) is 0 Å². The third kappa shape index (κ3) is 32.6. The second-order valence-corrected chi connectivity index (χ2v) is 9.92. The molecular weight excluding hydrogens is 523 g/mol. The number of amides is 1. The van der Waals surface area contributed by atoms with Gasteiger partial charge in [-0.3, -0.25) is 14.4 Å². The monoisotopic (exact) mass is 567 g/mol. The van der Waals surface area contributed by atoms with Crippen molar-refractivity contribution < 1.29 is 102 Å². The number of carbonyl (C=O) groups excluding carboxylic acids is 3. The molecule has 1 amide bonds. The molecule has 13 heteroatoms. The Hall–Kier alpha value is 0.520. The predicted octanol–water partition coefficient (Wildman–Crippen LogP) is -2.70. The minimum Gasteiger partial charge on any atom is -0.790 e. The molecule has 1 atom stereocenters. The fraction of sp³-hybridized carbons (Fsp3) is 0.875. The van der Waals surface area contributed by atoms with E-state index in [0.29, 0.717) is 19.4 Å². The molecule has 0 spiro atoms. The van der Waals surface area contributed by atoms with E-state index < -0.39 is 32.5 Å². The fourth-order valence-corrected chi connectivity index (χ4v) is 3.73. The van der Waals surface area contributed by atoms with Crippen LogP contribution in [0.2, 0.25) is 0 Å². The van der Waals surface area contributed by atoms with E-state index in [9.17, 15) is 28.7 Å². The minimum absolute atomic E-state index is 0. The van der Waals surface area contributed by atoms with Crippen LogP contribution < -0.4 is 74.2 Å². The van der Waals surface area contributed by atoms with Gasteiger partial charge < -0.3 is 33.7 Å². The number of rotatable bonds is 23. The van der Waals surface area contributed by atoms with Crippen molar-refractivity contribution in [3.8, 4) is 0 Å². The van der Waals surface area contributed by atoms with Gasteiger partial charge in [0.1, 0.15) is 6.61 Å². The molecule has 0 rings (SSSR count). The molecule has 1 N–H and O–H groups in total. The van der Waals surface area contributed by atoms with Crippen LogP contribution in [0.5, 0.6) is 0 Å². The molecule has 0 aromatic rings. The average Bonchev–Trinajstić information content (AvgIpc) is 2.78. The molecule has 10 nitrogen and oxygen atoms in total. The number of unbranched alkanes of at least 4 members (excludes halogenated alkanes) is 11. The van der Waals surface area contributed by atoms with Gasteiger partial charge in [0, 0.05) is 26.3 Å². The quantitative estimate of drug-likeness (QED) is 0.0601. The summed E-state index contributed by atoms with van der Waals surface area (Å²) in [7, 11) is -5.24. The summed E-state index contributed by atoms with van der Waals surface area (Å²) in [6.07, 6.45) is 11.8. The maximum atomic E-state index is 12.0. The van der Waals surface area contributed by atoms with Crippen LogP contribution in [0.1, 0.15) is 110 Å². The number of phosphoric ester groups is 1. The number of hydrogen-bond donors (Lipinski definition) is 1. The van der Waals surface area contributed by atoms with Crippen molar-refractivity contribution in [2.45, 2.75) is 116 Å². The Bertz CT molecular complexity index is 635. The van der Waals surface area contributed by atoms with Crippen molar-refractivity contribution in [3.05, 3.63) is 0 Å².